The Balaban J connectivity index is 1.88. The molecule has 0 saturated carbocycles. The van der Waals surface area contributed by atoms with Gasteiger partial charge in [0.15, 0.2) is 0 Å². The number of methoxy groups -OCH3 is 2. The van der Waals surface area contributed by atoms with Crippen molar-refractivity contribution in [3.8, 4) is 5.75 Å². The molecule has 2 aliphatic rings. The number of rotatable bonds is 4. The molecule has 4 rings (SSSR count). The molecule has 1 aliphatic carbocycles. The minimum atomic E-state index is -0.322. The number of nitrogens with one attached hydrogen (secondary N) is 1. The van der Waals surface area contributed by atoms with Gasteiger partial charge in [-0.1, -0.05) is 36.1 Å². The number of hydrogen-bond donors (Lipinski definition) is 1. The highest BCUT2D eigenvalue weighted by atomic mass is 32.2. The van der Waals surface area contributed by atoms with Crippen molar-refractivity contribution in [1.82, 2.24) is 0 Å². The highest BCUT2D eigenvalue weighted by Crippen LogP contribution is 2.52. The van der Waals surface area contributed by atoms with Gasteiger partial charge >= 0.3 is 5.97 Å². The maximum Gasteiger partial charge on any atom is 0.337 e. The molecule has 1 N–H and O–H groups in total. The van der Waals surface area contributed by atoms with E-state index in [0.29, 0.717) is 5.56 Å². The quantitative estimate of drug-likeness (QED) is 0.709. The van der Waals surface area contributed by atoms with Crippen LogP contribution in [0.25, 0.3) is 10.5 Å². The van der Waals surface area contributed by atoms with E-state index in [-0.39, 0.29) is 5.97 Å². The fourth-order valence-corrected chi connectivity index (χ4v) is 4.84. The summed E-state index contributed by atoms with van der Waals surface area (Å²) in [5.41, 5.74) is 6.36. The van der Waals surface area contributed by atoms with Gasteiger partial charge in [-0.3, -0.25) is 0 Å². The standard InChI is InChI=1S/C23H21NO3S/c1-24-20-13-15(26-2)9-11-19(20)22-18-7-5-4-6-16(18)17-10-8-14(23(25)27-3)12-21(17)28-22/h4-6,8-13,24H,7H2,1-3H3. The molecular weight excluding hydrogens is 370 g/mol. The van der Waals surface area contributed by atoms with Crippen molar-refractivity contribution in [1.29, 1.82) is 0 Å². The van der Waals surface area contributed by atoms with Crippen LogP contribution < -0.4 is 10.1 Å². The molecule has 2 aromatic carbocycles. The number of anilines is 1. The number of ether oxygens (including phenoxy) is 2. The Morgan fingerprint density at radius 2 is 1.93 bits per heavy atom. The van der Waals surface area contributed by atoms with Crippen molar-refractivity contribution in [3.05, 3.63) is 76.9 Å². The van der Waals surface area contributed by atoms with Gasteiger partial charge in [0.25, 0.3) is 0 Å². The summed E-state index contributed by atoms with van der Waals surface area (Å²) >= 11 is 1.70. The summed E-state index contributed by atoms with van der Waals surface area (Å²) in [5, 5.41) is 3.29. The van der Waals surface area contributed by atoms with Crippen LogP contribution in [0.1, 0.15) is 27.9 Å². The molecule has 0 radical (unpaired) electrons. The molecule has 4 nitrogen and oxygen atoms in total. The van der Waals surface area contributed by atoms with Crippen molar-refractivity contribution in [3.63, 3.8) is 0 Å². The maximum absolute atomic E-state index is 12.0. The number of fused-ring (bicyclic) bond motifs is 3. The molecular formula is C23H21NO3S. The molecule has 0 aromatic heterocycles. The number of thioether (sulfide) groups is 1. The van der Waals surface area contributed by atoms with Crippen LogP contribution in [0.5, 0.6) is 5.75 Å². The molecule has 0 amide bonds. The molecule has 1 aliphatic heterocycles. The Labute approximate surface area is 168 Å². The Bertz CT molecular complexity index is 1050. The first kappa shape index (κ1) is 18.4. The first-order valence-corrected chi connectivity index (χ1v) is 9.85. The molecule has 2 aromatic rings. The number of carbonyl (C=O) groups excluding carboxylic acids is 1. The summed E-state index contributed by atoms with van der Waals surface area (Å²) < 4.78 is 10.3. The van der Waals surface area contributed by atoms with Gasteiger partial charge in [-0.2, -0.15) is 0 Å². The average Bonchev–Trinajstić information content (AvgIpc) is 2.77. The van der Waals surface area contributed by atoms with E-state index >= 15 is 0 Å². The zero-order valence-electron chi connectivity index (χ0n) is 16.0. The highest BCUT2D eigenvalue weighted by Gasteiger charge is 2.27. The van der Waals surface area contributed by atoms with E-state index in [1.165, 1.54) is 23.2 Å². The second-order valence-corrected chi connectivity index (χ2v) is 7.54. The minimum absolute atomic E-state index is 0.322. The maximum atomic E-state index is 12.0. The summed E-state index contributed by atoms with van der Waals surface area (Å²) in [5.74, 6) is 0.491. The lowest BCUT2D eigenvalue weighted by Gasteiger charge is -2.28. The van der Waals surface area contributed by atoms with Crippen LogP contribution >= 0.6 is 11.8 Å². The summed E-state index contributed by atoms with van der Waals surface area (Å²) in [7, 11) is 4.99. The first-order valence-electron chi connectivity index (χ1n) is 9.03. The molecule has 0 bridgehead atoms. The van der Waals surface area contributed by atoms with Crippen LogP contribution in [0.2, 0.25) is 0 Å². The Kier molecular flexibility index (Phi) is 5.01. The monoisotopic (exact) mass is 391 g/mol. The van der Waals surface area contributed by atoms with E-state index in [0.717, 1.165) is 33.9 Å². The smallest absolute Gasteiger partial charge is 0.337 e. The lowest BCUT2D eigenvalue weighted by Crippen LogP contribution is -2.07. The molecule has 0 saturated heterocycles. The first-order chi connectivity index (χ1) is 13.7. The molecule has 5 heteroatoms. The van der Waals surface area contributed by atoms with E-state index in [1.54, 1.807) is 18.9 Å². The van der Waals surface area contributed by atoms with Gasteiger partial charge in [-0.25, -0.2) is 4.79 Å². The Morgan fingerprint density at radius 3 is 2.68 bits per heavy atom. The molecule has 0 fully saturated rings. The van der Waals surface area contributed by atoms with E-state index < -0.39 is 0 Å². The van der Waals surface area contributed by atoms with Crippen LogP contribution in [0.3, 0.4) is 0 Å². The lowest BCUT2D eigenvalue weighted by atomic mass is 9.89. The number of carbonyl (C=O) groups is 1. The fraction of sp³-hybridized carbons (Fsp3) is 0.174. The molecule has 1 heterocycles. The van der Waals surface area contributed by atoms with E-state index in [2.05, 4.69) is 29.6 Å². The van der Waals surface area contributed by atoms with E-state index in [1.807, 2.05) is 37.4 Å². The Hall–Kier alpha value is -2.92. The minimum Gasteiger partial charge on any atom is -0.497 e. The van der Waals surface area contributed by atoms with Gasteiger partial charge < -0.3 is 14.8 Å². The highest BCUT2D eigenvalue weighted by molar-refractivity contribution is 8.08. The van der Waals surface area contributed by atoms with E-state index in [9.17, 15) is 4.79 Å². The lowest BCUT2D eigenvalue weighted by molar-refractivity contribution is 0.0600. The number of esters is 1. The predicted molar refractivity (Wildman–Crippen MR) is 115 cm³/mol. The second kappa shape index (κ2) is 7.60. The predicted octanol–water partition coefficient (Wildman–Crippen LogP) is 5.38. The van der Waals surface area contributed by atoms with Gasteiger partial charge in [-0.05, 0) is 47.4 Å². The van der Waals surface area contributed by atoms with Crippen molar-refractivity contribution >= 4 is 33.9 Å². The van der Waals surface area contributed by atoms with Crippen molar-refractivity contribution in [2.24, 2.45) is 0 Å². The van der Waals surface area contributed by atoms with Crippen molar-refractivity contribution in [2.75, 3.05) is 26.6 Å². The summed E-state index contributed by atoms with van der Waals surface area (Å²) in [6, 6.07) is 11.8. The number of benzene rings is 2. The molecule has 0 atom stereocenters. The molecule has 0 spiro atoms. The number of hydrogen-bond acceptors (Lipinski definition) is 5. The normalized spacial score (nSPS) is 14.8. The molecule has 28 heavy (non-hydrogen) atoms. The van der Waals surface area contributed by atoms with Crippen molar-refractivity contribution in [2.45, 2.75) is 11.3 Å². The van der Waals surface area contributed by atoms with Crippen LogP contribution in [0, 0.1) is 0 Å². The average molecular weight is 391 g/mol. The zero-order chi connectivity index (χ0) is 19.7. The topological polar surface area (TPSA) is 47.6 Å². The van der Waals surface area contributed by atoms with Crippen molar-refractivity contribution < 1.29 is 14.3 Å². The summed E-state index contributed by atoms with van der Waals surface area (Å²) in [6.45, 7) is 0. The third-order valence-electron chi connectivity index (χ3n) is 4.97. The van der Waals surface area contributed by atoms with Crippen LogP contribution in [0.4, 0.5) is 5.69 Å². The largest absolute Gasteiger partial charge is 0.497 e. The fourth-order valence-electron chi connectivity index (χ4n) is 3.55. The SMILES string of the molecule is CNc1cc(OC)ccc1C1=C2CC=CC=C2c2ccc(C(=O)OC)cc2S1. The van der Waals surface area contributed by atoms with Gasteiger partial charge in [0.05, 0.1) is 19.8 Å². The molecule has 0 unspecified atom stereocenters. The van der Waals surface area contributed by atoms with Crippen LogP contribution in [-0.2, 0) is 4.74 Å². The summed E-state index contributed by atoms with van der Waals surface area (Å²) in [6.07, 6.45) is 7.30. The van der Waals surface area contributed by atoms with Crippen LogP contribution in [-0.4, -0.2) is 27.2 Å². The van der Waals surface area contributed by atoms with Gasteiger partial charge in [-0.15, -0.1) is 0 Å². The van der Waals surface area contributed by atoms with Gasteiger partial charge in [0.2, 0.25) is 0 Å². The Morgan fingerprint density at radius 1 is 1.11 bits per heavy atom. The molecule has 142 valence electrons. The van der Waals surface area contributed by atoms with Gasteiger partial charge in [0.1, 0.15) is 5.75 Å². The summed E-state index contributed by atoms with van der Waals surface area (Å²) in [4.78, 5) is 14.3. The zero-order valence-corrected chi connectivity index (χ0v) is 16.9. The van der Waals surface area contributed by atoms with E-state index in [4.69, 9.17) is 9.47 Å². The van der Waals surface area contributed by atoms with Gasteiger partial charge in [0, 0.05) is 34.2 Å². The van der Waals surface area contributed by atoms with Crippen LogP contribution in [0.15, 0.2) is 65.1 Å². The third kappa shape index (κ3) is 3.12. The number of allylic oxidation sites excluding steroid dienone is 5. The second-order valence-electron chi connectivity index (χ2n) is 6.49. The third-order valence-corrected chi connectivity index (χ3v) is 6.19.